The summed E-state index contributed by atoms with van der Waals surface area (Å²) in [6.45, 7) is 0.349. The Morgan fingerprint density at radius 2 is 1.77 bits per heavy atom. The molecule has 30 heavy (non-hydrogen) atoms. The molecule has 1 atom stereocenters. The van der Waals surface area contributed by atoms with Crippen LogP contribution in [-0.2, 0) is 26.0 Å². The summed E-state index contributed by atoms with van der Waals surface area (Å²) in [5, 5.41) is 13.2. The second kappa shape index (κ2) is 9.06. The molecule has 1 heterocycles. The van der Waals surface area contributed by atoms with Crippen molar-refractivity contribution >= 4 is 33.4 Å². The van der Waals surface area contributed by atoms with Gasteiger partial charge in [0.1, 0.15) is 6.04 Å². The Morgan fingerprint density at radius 1 is 1.07 bits per heavy atom. The fourth-order valence-electron chi connectivity index (χ4n) is 3.07. The van der Waals surface area contributed by atoms with Gasteiger partial charge in [-0.2, -0.15) is 0 Å². The molecule has 0 saturated carbocycles. The summed E-state index contributed by atoms with van der Waals surface area (Å²) in [7, 11) is -3.73. The Balaban J connectivity index is 1.46. The van der Waals surface area contributed by atoms with Crippen molar-refractivity contribution in [3.8, 4) is 0 Å². The summed E-state index contributed by atoms with van der Waals surface area (Å²) in [5.41, 5.74) is 1.67. The number of para-hydroxylation sites is 1. The number of sulfonamides is 1. The van der Waals surface area contributed by atoms with E-state index in [1.54, 1.807) is 36.4 Å². The third kappa shape index (κ3) is 5.43. The molecule has 5 N–H and O–H groups in total. The van der Waals surface area contributed by atoms with Crippen molar-refractivity contribution in [2.45, 2.75) is 30.2 Å². The zero-order valence-corrected chi connectivity index (χ0v) is 16.9. The number of nitrogens with two attached hydrogens (primary N) is 1. The predicted octanol–water partition coefficient (Wildman–Crippen LogP) is 0.524. The lowest BCUT2D eigenvalue weighted by atomic mass is 10.1. The number of anilines is 1. The van der Waals surface area contributed by atoms with E-state index >= 15 is 0 Å². The van der Waals surface area contributed by atoms with Gasteiger partial charge in [0.25, 0.3) is 5.91 Å². The summed E-state index contributed by atoms with van der Waals surface area (Å²) >= 11 is 0. The number of fused-ring (bicyclic) bond motifs is 1. The zero-order chi connectivity index (χ0) is 21.7. The SMILES string of the molecule is NS(=O)(=O)c1ccc(CCNC(=O)CCC2NC(=O)c3ccccc3NC2=O)cc1. The first-order chi connectivity index (χ1) is 14.2. The topological polar surface area (TPSA) is 147 Å². The molecule has 0 radical (unpaired) electrons. The summed E-state index contributed by atoms with van der Waals surface area (Å²) < 4.78 is 22.5. The van der Waals surface area contributed by atoms with Crippen molar-refractivity contribution in [2.24, 2.45) is 5.14 Å². The highest BCUT2D eigenvalue weighted by Gasteiger charge is 2.27. The standard InChI is InChI=1S/C20H22N4O5S/c21-30(28,29)14-7-5-13(6-8-14)11-12-22-18(25)10-9-17-20(27)23-16-4-2-1-3-15(16)19(26)24-17/h1-8,17H,9-12H2,(H,22,25)(H,23,27)(H,24,26)(H2,21,28,29). The fraction of sp³-hybridized carbons (Fsp3) is 0.250. The third-order valence-corrected chi connectivity index (χ3v) is 5.63. The van der Waals surface area contributed by atoms with Crippen molar-refractivity contribution in [3.63, 3.8) is 0 Å². The molecule has 3 rings (SSSR count). The van der Waals surface area contributed by atoms with E-state index in [2.05, 4.69) is 16.0 Å². The molecule has 10 heteroatoms. The van der Waals surface area contributed by atoms with Gasteiger partial charge in [0.2, 0.25) is 21.8 Å². The highest BCUT2D eigenvalue weighted by atomic mass is 32.2. The smallest absolute Gasteiger partial charge is 0.254 e. The zero-order valence-electron chi connectivity index (χ0n) is 16.1. The van der Waals surface area contributed by atoms with E-state index in [1.807, 2.05) is 0 Å². The van der Waals surface area contributed by atoms with Gasteiger partial charge in [-0.1, -0.05) is 24.3 Å². The van der Waals surface area contributed by atoms with Crippen LogP contribution in [0.5, 0.6) is 0 Å². The minimum Gasteiger partial charge on any atom is -0.356 e. The summed E-state index contributed by atoms with van der Waals surface area (Å²) in [4.78, 5) is 36.7. The Hall–Kier alpha value is -3.24. The number of benzene rings is 2. The summed E-state index contributed by atoms with van der Waals surface area (Å²) in [5.74, 6) is -0.978. The van der Waals surface area contributed by atoms with Crippen molar-refractivity contribution < 1.29 is 22.8 Å². The second-order valence-corrected chi connectivity index (χ2v) is 8.45. The Labute approximate surface area is 174 Å². The second-order valence-electron chi connectivity index (χ2n) is 6.89. The van der Waals surface area contributed by atoms with Crippen LogP contribution in [0.25, 0.3) is 0 Å². The Bertz CT molecular complexity index is 1070. The molecule has 0 aromatic heterocycles. The number of hydrogen-bond donors (Lipinski definition) is 4. The van der Waals surface area contributed by atoms with E-state index in [-0.39, 0.29) is 35.5 Å². The number of amides is 3. The minimum atomic E-state index is -3.73. The molecule has 3 amide bonds. The molecule has 0 saturated heterocycles. The van der Waals surface area contributed by atoms with Gasteiger partial charge in [-0.15, -0.1) is 0 Å². The average Bonchev–Trinajstić information content (AvgIpc) is 2.82. The van der Waals surface area contributed by atoms with Crippen molar-refractivity contribution in [2.75, 3.05) is 11.9 Å². The van der Waals surface area contributed by atoms with Gasteiger partial charge in [-0.3, -0.25) is 14.4 Å². The van der Waals surface area contributed by atoms with Crippen LogP contribution in [0, 0.1) is 0 Å². The number of primary sulfonamides is 1. The summed E-state index contributed by atoms with van der Waals surface area (Å²) in [6, 6.07) is 12.0. The highest BCUT2D eigenvalue weighted by molar-refractivity contribution is 7.89. The molecular formula is C20H22N4O5S. The van der Waals surface area contributed by atoms with Crippen LogP contribution in [-0.4, -0.2) is 38.7 Å². The molecule has 0 bridgehead atoms. The predicted molar refractivity (Wildman–Crippen MR) is 110 cm³/mol. The largest absolute Gasteiger partial charge is 0.356 e. The number of hydrogen-bond acceptors (Lipinski definition) is 5. The third-order valence-electron chi connectivity index (χ3n) is 4.70. The number of rotatable bonds is 7. The van der Waals surface area contributed by atoms with Gasteiger partial charge >= 0.3 is 0 Å². The Kier molecular flexibility index (Phi) is 6.48. The Morgan fingerprint density at radius 3 is 2.47 bits per heavy atom. The first-order valence-corrected chi connectivity index (χ1v) is 10.9. The van der Waals surface area contributed by atoms with Crippen LogP contribution in [0.1, 0.15) is 28.8 Å². The first kappa shape index (κ1) is 21.5. The maximum Gasteiger partial charge on any atom is 0.254 e. The normalized spacial score (nSPS) is 16.1. The fourth-order valence-corrected chi connectivity index (χ4v) is 3.59. The lowest BCUT2D eigenvalue weighted by Crippen LogP contribution is -2.42. The van der Waals surface area contributed by atoms with Gasteiger partial charge in [-0.25, -0.2) is 13.6 Å². The molecule has 2 aromatic carbocycles. The first-order valence-electron chi connectivity index (χ1n) is 9.33. The van der Waals surface area contributed by atoms with Crippen LogP contribution < -0.4 is 21.1 Å². The maximum atomic E-state index is 12.3. The van der Waals surface area contributed by atoms with E-state index in [0.717, 1.165) is 5.56 Å². The molecule has 1 aliphatic heterocycles. The minimum absolute atomic E-state index is 0.0289. The highest BCUT2D eigenvalue weighted by Crippen LogP contribution is 2.19. The monoisotopic (exact) mass is 430 g/mol. The van der Waals surface area contributed by atoms with E-state index in [1.165, 1.54) is 12.1 Å². The van der Waals surface area contributed by atoms with Crippen molar-refractivity contribution in [1.82, 2.24) is 10.6 Å². The van der Waals surface area contributed by atoms with Crippen LogP contribution in [0.15, 0.2) is 53.4 Å². The van der Waals surface area contributed by atoms with E-state index < -0.39 is 16.1 Å². The molecule has 0 spiro atoms. The number of carbonyl (C=O) groups excluding carboxylic acids is 3. The lowest BCUT2D eigenvalue weighted by molar-refractivity contribution is -0.121. The van der Waals surface area contributed by atoms with E-state index in [0.29, 0.717) is 24.2 Å². The van der Waals surface area contributed by atoms with Crippen LogP contribution in [0.2, 0.25) is 0 Å². The summed E-state index contributed by atoms with van der Waals surface area (Å²) in [6.07, 6.45) is 0.742. The van der Waals surface area contributed by atoms with E-state index in [4.69, 9.17) is 5.14 Å². The van der Waals surface area contributed by atoms with Crippen LogP contribution in [0.4, 0.5) is 5.69 Å². The molecule has 2 aromatic rings. The number of carbonyl (C=O) groups is 3. The van der Waals surface area contributed by atoms with Gasteiger partial charge < -0.3 is 16.0 Å². The molecule has 9 nitrogen and oxygen atoms in total. The van der Waals surface area contributed by atoms with E-state index in [9.17, 15) is 22.8 Å². The van der Waals surface area contributed by atoms with Gasteiger partial charge in [0.15, 0.2) is 0 Å². The quantitative estimate of drug-likeness (QED) is 0.506. The molecule has 0 fully saturated rings. The van der Waals surface area contributed by atoms with Crippen molar-refractivity contribution in [3.05, 3.63) is 59.7 Å². The van der Waals surface area contributed by atoms with Crippen LogP contribution >= 0.6 is 0 Å². The van der Waals surface area contributed by atoms with Crippen molar-refractivity contribution in [1.29, 1.82) is 0 Å². The molecular weight excluding hydrogens is 408 g/mol. The van der Waals surface area contributed by atoms with Crippen LogP contribution in [0.3, 0.4) is 0 Å². The number of nitrogens with one attached hydrogen (secondary N) is 3. The lowest BCUT2D eigenvalue weighted by Gasteiger charge is -2.14. The molecule has 1 aliphatic rings. The van der Waals surface area contributed by atoms with Gasteiger partial charge in [-0.05, 0) is 42.7 Å². The molecule has 1 unspecified atom stereocenters. The maximum absolute atomic E-state index is 12.3. The molecule has 158 valence electrons. The van der Waals surface area contributed by atoms with Gasteiger partial charge in [0.05, 0.1) is 16.1 Å². The van der Waals surface area contributed by atoms with Gasteiger partial charge in [0, 0.05) is 13.0 Å². The molecule has 0 aliphatic carbocycles. The average molecular weight is 430 g/mol.